The molecule has 7 heteroatoms. The van der Waals surface area contributed by atoms with Crippen LogP contribution in [0, 0.1) is 23.0 Å². The smallest absolute Gasteiger partial charge is 0.271 e. The predicted octanol–water partition coefficient (Wildman–Crippen LogP) is 4.35. The lowest BCUT2D eigenvalue weighted by molar-refractivity contribution is -0.128. The number of carbonyl (C=O) groups is 1. The molecule has 1 atom stereocenters. The van der Waals surface area contributed by atoms with E-state index in [9.17, 15) is 13.6 Å². The molecule has 154 valence electrons. The molecular formula is C24H18F2N4O. The topological polar surface area (TPSA) is 68.5 Å². The molecule has 0 bridgehead atoms. The van der Waals surface area contributed by atoms with Gasteiger partial charge in [-0.2, -0.15) is 10.4 Å². The van der Waals surface area contributed by atoms with Crippen molar-refractivity contribution in [2.45, 2.75) is 19.5 Å². The van der Waals surface area contributed by atoms with E-state index in [0.717, 1.165) is 11.6 Å². The molecule has 0 aliphatic carbocycles. The van der Waals surface area contributed by atoms with Crippen LogP contribution in [0.1, 0.15) is 30.0 Å². The number of hydrazone groups is 1. The van der Waals surface area contributed by atoms with Crippen molar-refractivity contribution in [3.8, 4) is 6.07 Å². The Morgan fingerprint density at radius 2 is 1.94 bits per heavy atom. The zero-order chi connectivity index (χ0) is 22.0. The van der Waals surface area contributed by atoms with E-state index in [0.29, 0.717) is 29.0 Å². The molecule has 2 aliphatic rings. The molecule has 0 fully saturated rings. The van der Waals surface area contributed by atoms with E-state index in [1.54, 1.807) is 42.5 Å². The number of hydrogen-bond acceptors (Lipinski definition) is 4. The van der Waals surface area contributed by atoms with Gasteiger partial charge in [0.2, 0.25) is 0 Å². The lowest BCUT2D eigenvalue weighted by atomic mass is 10.0. The van der Waals surface area contributed by atoms with Crippen molar-refractivity contribution in [3.63, 3.8) is 0 Å². The Balaban J connectivity index is 1.78. The molecule has 2 aromatic carbocycles. The number of hydrogen-bond donors (Lipinski definition) is 1. The molecular weight excluding hydrogens is 398 g/mol. The van der Waals surface area contributed by atoms with Gasteiger partial charge < -0.3 is 5.32 Å². The van der Waals surface area contributed by atoms with Gasteiger partial charge in [-0.1, -0.05) is 25.1 Å². The zero-order valence-electron chi connectivity index (χ0n) is 16.6. The molecule has 1 N–H and O–H groups in total. The number of carbonyl (C=O) groups excluding carboxylic acids is 1. The monoisotopic (exact) mass is 416 g/mol. The highest BCUT2D eigenvalue weighted by Crippen LogP contribution is 2.27. The number of halogens is 2. The number of nitrogens with one attached hydrogen (secondary N) is 1. The standard InChI is InChI=1S/C24H18F2N4O/c1-2-19-9-7-17(20-10-8-18(25)12-21(20)26)11-23-28-22(13-24(31)30(23)29-19)16-5-3-15(14-27)4-6-16/h3-13,23,28H,2H2,1H3. The first kappa shape index (κ1) is 20.2. The van der Waals surface area contributed by atoms with E-state index in [4.69, 9.17) is 5.26 Å². The molecule has 1 unspecified atom stereocenters. The average molecular weight is 416 g/mol. The largest absolute Gasteiger partial charge is 0.360 e. The highest BCUT2D eigenvalue weighted by atomic mass is 19.1. The van der Waals surface area contributed by atoms with Gasteiger partial charge >= 0.3 is 0 Å². The van der Waals surface area contributed by atoms with Crippen LogP contribution in [-0.2, 0) is 4.79 Å². The molecule has 5 nitrogen and oxygen atoms in total. The Hall–Kier alpha value is -4.05. The molecule has 4 rings (SSSR count). The van der Waals surface area contributed by atoms with E-state index in [2.05, 4.69) is 16.5 Å². The third kappa shape index (κ3) is 4.14. The molecule has 0 saturated carbocycles. The molecule has 0 aromatic heterocycles. The molecule has 2 aromatic rings. The van der Waals surface area contributed by atoms with Gasteiger partial charge in [0, 0.05) is 23.4 Å². The number of benzene rings is 2. The normalized spacial score (nSPS) is 18.0. The number of rotatable bonds is 3. The van der Waals surface area contributed by atoms with Crippen molar-refractivity contribution in [2.24, 2.45) is 5.10 Å². The molecule has 0 radical (unpaired) electrons. The maximum atomic E-state index is 14.5. The number of allylic oxidation sites excluding steroid dienone is 3. The fourth-order valence-corrected chi connectivity index (χ4v) is 3.38. The summed E-state index contributed by atoms with van der Waals surface area (Å²) in [4.78, 5) is 12.9. The maximum Gasteiger partial charge on any atom is 0.271 e. The highest BCUT2D eigenvalue weighted by Gasteiger charge is 2.29. The summed E-state index contributed by atoms with van der Waals surface area (Å²) in [5.74, 6) is -1.69. The summed E-state index contributed by atoms with van der Waals surface area (Å²) >= 11 is 0. The quantitative estimate of drug-likeness (QED) is 0.809. The van der Waals surface area contributed by atoms with Crippen LogP contribution in [0.2, 0.25) is 0 Å². The van der Waals surface area contributed by atoms with Crippen LogP contribution in [0.15, 0.2) is 71.9 Å². The summed E-state index contributed by atoms with van der Waals surface area (Å²) in [6, 6.07) is 12.3. The summed E-state index contributed by atoms with van der Waals surface area (Å²) in [6.07, 6.45) is 6.43. The van der Waals surface area contributed by atoms with Gasteiger partial charge in [-0.15, -0.1) is 0 Å². The van der Waals surface area contributed by atoms with Gasteiger partial charge in [-0.05, 0) is 54.0 Å². The molecule has 0 saturated heterocycles. The van der Waals surface area contributed by atoms with Gasteiger partial charge in [0.05, 0.1) is 17.3 Å². The Morgan fingerprint density at radius 3 is 2.61 bits per heavy atom. The first-order chi connectivity index (χ1) is 15.0. The molecule has 2 aliphatic heterocycles. The van der Waals surface area contributed by atoms with Gasteiger partial charge in [-0.25, -0.2) is 13.8 Å². The SMILES string of the molecule is CCC1=NN2C(=O)C=C(c3ccc(C#N)cc3)NC2C=C(c2ccc(F)cc2F)C=C1. The van der Waals surface area contributed by atoms with E-state index in [1.165, 1.54) is 23.2 Å². The number of nitriles is 1. The number of nitrogens with zero attached hydrogens (tertiary/aromatic N) is 3. The van der Waals surface area contributed by atoms with Crippen molar-refractivity contribution in [1.82, 2.24) is 10.3 Å². The lowest BCUT2D eigenvalue weighted by Crippen LogP contribution is -2.48. The zero-order valence-corrected chi connectivity index (χ0v) is 16.6. The minimum Gasteiger partial charge on any atom is -0.360 e. The minimum atomic E-state index is -0.692. The van der Waals surface area contributed by atoms with Gasteiger partial charge in [0.15, 0.2) is 0 Å². The van der Waals surface area contributed by atoms with Gasteiger partial charge in [-0.3, -0.25) is 4.79 Å². The van der Waals surface area contributed by atoms with Crippen LogP contribution in [0.4, 0.5) is 8.78 Å². The van der Waals surface area contributed by atoms with Crippen molar-refractivity contribution in [1.29, 1.82) is 5.26 Å². The molecule has 2 heterocycles. The fourth-order valence-electron chi connectivity index (χ4n) is 3.38. The maximum absolute atomic E-state index is 14.5. The van der Waals surface area contributed by atoms with Crippen molar-refractivity contribution < 1.29 is 13.6 Å². The summed E-state index contributed by atoms with van der Waals surface area (Å²) in [5, 5.41) is 18.0. The molecule has 31 heavy (non-hydrogen) atoms. The summed E-state index contributed by atoms with van der Waals surface area (Å²) in [6.45, 7) is 1.90. The number of amides is 1. The molecule has 0 spiro atoms. The van der Waals surface area contributed by atoms with Crippen LogP contribution in [0.3, 0.4) is 0 Å². The van der Waals surface area contributed by atoms with Gasteiger partial charge in [0.1, 0.15) is 17.8 Å². The van der Waals surface area contributed by atoms with Crippen molar-refractivity contribution >= 4 is 22.9 Å². The second-order valence-electron chi connectivity index (χ2n) is 7.04. The third-order valence-corrected chi connectivity index (χ3v) is 5.02. The van der Waals surface area contributed by atoms with Crippen molar-refractivity contribution in [3.05, 3.63) is 95.1 Å². The summed E-state index contributed by atoms with van der Waals surface area (Å²) in [7, 11) is 0. The van der Waals surface area contributed by atoms with Crippen LogP contribution in [0.5, 0.6) is 0 Å². The van der Waals surface area contributed by atoms with E-state index in [1.807, 2.05) is 6.92 Å². The second-order valence-corrected chi connectivity index (χ2v) is 7.04. The lowest BCUT2D eigenvalue weighted by Gasteiger charge is -2.33. The Bertz CT molecular complexity index is 1200. The van der Waals surface area contributed by atoms with E-state index < -0.39 is 17.8 Å². The minimum absolute atomic E-state index is 0.221. The summed E-state index contributed by atoms with van der Waals surface area (Å²) < 4.78 is 27.9. The molecule has 1 amide bonds. The predicted molar refractivity (Wildman–Crippen MR) is 114 cm³/mol. The Morgan fingerprint density at radius 1 is 1.16 bits per heavy atom. The Labute approximate surface area is 178 Å². The van der Waals surface area contributed by atoms with E-state index >= 15 is 0 Å². The first-order valence-corrected chi connectivity index (χ1v) is 9.73. The fraction of sp³-hybridized carbons (Fsp3) is 0.125. The first-order valence-electron chi connectivity index (χ1n) is 9.73. The third-order valence-electron chi connectivity index (χ3n) is 5.02. The van der Waals surface area contributed by atoms with Gasteiger partial charge in [0.25, 0.3) is 5.91 Å². The second kappa shape index (κ2) is 8.36. The highest BCUT2D eigenvalue weighted by molar-refractivity contribution is 6.01. The van der Waals surface area contributed by atoms with E-state index in [-0.39, 0.29) is 11.5 Å². The van der Waals surface area contributed by atoms with Crippen LogP contribution < -0.4 is 5.32 Å². The van der Waals surface area contributed by atoms with Crippen LogP contribution in [-0.4, -0.2) is 22.8 Å². The Kier molecular flexibility index (Phi) is 5.46. The number of fused-ring (bicyclic) bond motifs is 1. The van der Waals surface area contributed by atoms with Crippen LogP contribution >= 0.6 is 0 Å². The average Bonchev–Trinajstić information content (AvgIpc) is 2.75. The summed E-state index contributed by atoms with van der Waals surface area (Å²) in [5.41, 5.74) is 3.16. The van der Waals surface area contributed by atoms with Crippen molar-refractivity contribution in [2.75, 3.05) is 0 Å². The van der Waals surface area contributed by atoms with Crippen LogP contribution in [0.25, 0.3) is 11.3 Å².